The molecule has 2 heterocycles. The molecule has 0 radical (unpaired) electrons. The average molecular weight is 417 g/mol. The fraction of sp³-hybridized carbons (Fsp3) is 0.708. The monoisotopic (exact) mass is 416 g/mol. The van der Waals surface area contributed by atoms with Crippen LogP contribution >= 0.6 is 11.8 Å². The molecular weight excluding hydrogens is 380 g/mol. The number of hydrogen-bond donors (Lipinski definition) is 0. The maximum Gasteiger partial charge on any atom is 0.223 e. The Hall–Kier alpha value is -1.04. The predicted molar refractivity (Wildman–Crippen MR) is 120 cm³/mol. The van der Waals surface area contributed by atoms with Gasteiger partial charge in [0.05, 0.1) is 6.10 Å². The minimum Gasteiger partial charge on any atom is -0.376 e. The van der Waals surface area contributed by atoms with E-state index in [9.17, 15) is 4.79 Å². The second kappa shape index (κ2) is 10.3. The summed E-state index contributed by atoms with van der Waals surface area (Å²) in [4.78, 5) is 17.7. The van der Waals surface area contributed by atoms with E-state index < -0.39 is 0 Å². The standard InChI is InChI=1S/C24H36N2O2S/c1-29-14-10-24(27)26(18-23-7-4-13-28-23)17-19-8-11-25(12-9-19)22-15-20-5-2-3-6-21(20)16-22/h2-3,5-6,19,22-23H,4,7-18H2,1H3. The number of rotatable bonds is 8. The number of amides is 1. The number of hydrogen-bond acceptors (Lipinski definition) is 4. The number of carbonyl (C=O) groups is 1. The van der Waals surface area contributed by atoms with Crippen LogP contribution in [-0.4, -0.2) is 72.6 Å². The SMILES string of the molecule is CSCCC(=O)N(CC1CCN(C2Cc3ccccc3C2)CC1)CC1CCCO1. The Morgan fingerprint density at radius 3 is 2.48 bits per heavy atom. The van der Waals surface area contributed by atoms with Gasteiger partial charge in [-0.15, -0.1) is 0 Å². The van der Waals surface area contributed by atoms with Crippen molar-refractivity contribution in [3.05, 3.63) is 35.4 Å². The lowest BCUT2D eigenvalue weighted by Crippen LogP contribution is -2.46. The number of nitrogens with zero attached hydrogens (tertiary/aromatic N) is 2. The molecule has 0 spiro atoms. The molecule has 2 fully saturated rings. The van der Waals surface area contributed by atoms with Gasteiger partial charge < -0.3 is 9.64 Å². The molecule has 1 aromatic carbocycles. The molecule has 3 aliphatic rings. The molecule has 29 heavy (non-hydrogen) atoms. The number of thioether (sulfide) groups is 1. The second-order valence-electron chi connectivity index (χ2n) is 8.99. The number of likely N-dealkylation sites (tertiary alicyclic amines) is 1. The number of piperidine rings is 1. The number of fused-ring (bicyclic) bond motifs is 1. The van der Waals surface area contributed by atoms with Gasteiger partial charge in [0.25, 0.3) is 0 Å². The second-order valence-corrected chi connectivity index (χ2v) is 9.97. The third-order valence-corrected chi connectivity index (χ3v) is 7.61. The number of benzene rings is 1. The van der Waals surface area contributed by atoms with Crippen LogP contribution in [0.4, 0.5) is 0 Å². The summed E-state index contributed by atoms with van der Waals surface area (Å²) in [5.41, 5.74) is 3.09. The van der Waals surface area contributed by atoms with Crippen molar-refractivity contribution < 1.29 is 9.53 Å². The molecule has 2 aliphatic heterocycles. The van der Waals surface area contributed by atoms with E-state index >= 15 is 0 Å². The zero-order valence-corrected chi connectivity index (χ0v) is 18.7. The molecule has 0 N–H and O–H groups in total. The molecule has 5 heteroatoms. The third-order valence-electron chi connectivity index (χ3n) is 6.99. The Morgan fingerprint density at radius 2 is 1.86 bits per heavy atom. The third kappa shape index (κ3) is 5.56. The van der Waals surface area contributed by atoms with Gasteiger partial charge in [-0.2, -0.15) is 11.8 Å². The Morgan fingerprint density at radius 1 is 1.14 bits per heavy atom. The van der Waals surface area contributed by atoms with Crippen molar-refractivity contribution in [2.45, 2.75) is 57.1 Å². The van der Waals surface area contributed by atoms with E-state index in [1.165, 1.54) is 38.8 Å². The number of ether oxygens (including phenoxy) is 1. The van der Waals surface area contributed by atoms with Crippen molar-refractivity contribution in [3.8, 4) is 0 Å². The zero-order valence-electron chi connectivity index (χ0n) is 17.9. The molecule has 4 rings (SSSR count). The molecule has 0 bridgehead atoms. The summed E-state index contributed by atoms with van der Waals surface area (Å²) < 4.78 is 5.84. The van der Waals surface area contributed by atoms with Crippen LogP contribution in [0.2, 0.25) is 0 Å². The highest BCUT2D eigenvalue weighted by atomic mass is 32.2. The lowest BCUT2D eigenvalue weighted by Gasteiger charge is -2.38. The zero-order chi connectivity index (χ0) is 20.1. The van der Waals surface area contributed by atoms with Crippen molar-refractivity contribution in [2.75, 3.05) is 44.8 Å². The summed E-state index contributed by atoms with van der Waals surface area (Å²) in [6.45, 7) is 4.93. The van der Waals surface area contributed by atoms with E-state index in [-0.39, 0.29) is 6.10 Å². The van der Waals surface area contributed by atoms with Gasteiger partial charge in [-0.25, -0.2) is 0 Å². The van der Waals surface area contributed by atoms with Crippen molar-refractivity contribution in [1.29, 1.82) is 0 Å². The fourth-order valence-corrected chi connectivity index (χ4v) is 5.64. The van der Waals surface area contributed by atoms with E-state index in [0.29, 0.717) is 24.3 Å². The Kier molecular flexibility index (Phi) is 7.54. The lowest BCUT2D eigenvalue weighted by molar-refractivity contribution is -0.133. The predicted octanol–water partition coefficient (Wildman–Crippen LogP) is 3.63. The first kappa shape index (κ1) is 21.2. The lowest BCUT2D eigenvalue weighted by atomic mass is 9.94. The quantitative estimate of drug-likeness (QED) is 0.648. The first-order chi connectivity index (χ1) is 14.2. The summed E-state index contributed by atoms with van der Waals surface area (Å²) in [6, 6.07) is 9.62. The summed E-state index contributed by atoms with van der Waals surface area (Å²) in [6.07, 6.45) is 10.1. The van der Waals surface area contributed by atoms with Gasteiger partial charge in [-0.1, -0.05) is 24.3 Å². The molecule has 1 amide bonds. The molecule has 0 aromatic heterocycles. The molecule has 1 unspecified atom stereocenters. The van der Waals surface area contributed by atoms with Crippen molar-refractivity contribution in [1.82, 2.24) is 9.80 Å². The van der Waals surface area contributed by atoms with Crippen LogP contribution in [0.25, 0.3) is 0 Å². The minimum absolute atomic E-state index is 0.255. The fourth-order valence-electron chi connectivity index (χ4n) is 5.27. The van der Waals surface area contributed by atoms with Crippen LogP contribution in [0.15, 0.2) is 24.3 Å². The summed E-state index contributed by atoms with van der Waals surface area (Å²) in [7, 11) is 0. The maximum atomic E-state index is 12.8. The Bertz CT molecular complexity index is 644. The van der Waals surface area contributed by atoms with E-state index in [4.69, 9.17) is 4.74 Å². The molecule has 1 aliphatic carbocycles. The van der Waals surface area contributed by atoms with Gasteiger partial charge in [0, 0.05) is 37.9 Å². The van der Waals surface area contributed by atoms with E-state index in [1.54, 1.807) is 22.9 Å². The molecule has 1 aromatic rings. The van der Waals surface area contributed by atoms with Crippen molar-refractivity contribution in [3.63, 3.8) is 0 Å². The molecule has 160 valence electrons. The van der Waals surface area contributed by atoms with Crippen LogP contribution in [0.5, 0.6) is 0 Å². The van der Waals surface area contributed by atoms with E-state index in [1.807, 2.05) is 0 Å². The van der Waals surface area contributed by atoms with Crippen LogP contribution in [0.3, 0.4) is 0 Å². The van der Waals surface area contributed by atoms with Crippen molar-refractivity contribution >= 4 is 17.7 Å². The smallest absolute Gasteiger partial charge is 0.223 e. The van der Waals surface area contributed by atoms with Crippen LogP contribution < -0.4 is 0 Å². The van der Waals surface area contributed by atoms with Gasteiger partial charge >= 0.3 is 0 Å². The summed E-state index contributed by atoms with van der Waals surface area (Å²) >= 11 is 1.76. The summed E-state index contributed by atoms with van der Waals surface area (Å²) in [5.74, 6) is 1.87. The van der Waals surface area contributed by atoms with Gasteiger partial charge in [-0.3, -0.25) is 9.69 Å². The molecule has 4 nitrogen and oxygen atoms in total. The normalized spacial score (nSPS) is 23.4. The highest BCUT2D eigenvalue weighted by Crippen LogP contribution is 2.29. The van der Waals surface area contributed by atoms with Gasteiger partial charge in [0.2, 0.25) is 5.91 Å². The van der Waals surface area contributed by atoms with Crippen LogP contribution in [0.1, 0.15) is 43.2 Å². The molecule has 1 atom stereocenters. The van der Waals surface area contributed by atoms with E-state index in [2.05, 4.69) is 40.3 Å². The first-order valence-corrected chi connectivity index (χ1v) is 12.8. The first-order valence-electron chi connectivity index (χ1n) is 11.4. The minimum atomic E-state index is 0.255. The van der Waals surface area contributed by atoms with Gasteiger partial charge in [-0.05, 0) is 74.9 Å². The molecule has 0 saturated carbocycles. The van der Waals surface area contributed by atoms with E-state index in [0.717, 1.165) is 38.3 Å². The van der Waals surface area contributed by atoms with Crippen molar-refractivity contribution in [2.24, 2.45) is 5.92 Å². The van der Waals surface area contributed by atoms with Crippen LogP contribution in [0, 0.1) is 5.92 Å². The van der Waals surface area contributed by atoms with Gasteiger partial charge in [0.1, 0.15) is 0 Å². The highest BCUT2D eigenvalue weighted by molar-refractivity contribution is 7.98. The van der Waals surface area contributed by atoms with Crippen LogP contribution in [-0.2, 0) is 22.4 Å². The molecular formula is C24H36N2O2S. The maximum absolute atomic E-state index is 12.8. The van der Waals surface area contributed by atoms with Gasteiger partial charge in [0.15, 0.2) is 0 Å². The number of carbonyl (C=O) groups excluding carboxylic acids is 1. The highest BCUT2D eigenvalue weighted by Gasteiger charge is 2.31. The Labute approximate surface area is 180 Å². The largest absolute Gasteiger partial charge is 0.376 e. The average Bonchev–Trinajstić information content (AvgIpc) is 3.41. The molecule has 2 saturated heterocycles. The summed E-state index contributed by atoms with van der Waals surface area (Å²) in [5, 5.41) is 0. The Balaban J connectivity index is 1.27. The topological polar surface area (TPSA) is 32.8 Å².